The quantitative estimate of drug-likeness (QED) is 0.253. The van der Waals surface area contributed by atoms with Crippen molar-refractivity contribution < 1.29 is 28.9 Å². The maximum absolute atomic E-state index is 13.2. The highest BCUT2D eigenvalue weighted by molar-refractivity contribution is 6.46. The summed E-state index contributed by atoms with van der Waals surface area (Å²) >= 11 is 0. The number of Topliss-reactive ketones (excluding diaryl/α,β-unsaturated/α-hetero) is 1. The Morgan fingerprint density at radius 1 is 1.14 bits per heavy atom. The molecule has 0 aliphatic carbocycles. The van der Waals surface area contributed by atoms with Crippen LogP contribution in [0.4, 0.5) is 5.69 Å². The predicted octanol–water partition coefficient (Wildman–Crippen LogP) is 3.76. The molecule has 186 valence electrons. The van der Waals surface area contributed by atoms with Crippen molar-refractivity contribution in [1.29, 1.82) is 0 Å². The maximum atomic E-state index is 13.2. The first-order valence-electron chi connectivity index (χ1n) is 11.9. The lowest BCUT2D eigenvalue weighted by Gasteiger charge is -2.28. The minimum atomic E-state index is -0.736. The third-order valence-electron chi connectivity index (χ3n) is 6.37. The van der Waals surface area contributed by atoms with Crippen LogP contribution < -0.4 is 14.4 Å². The van der Waals surface area contributed by atoms with Gasteiger partial charge in [0.1, 0.15) is 23.9 Å². The van der Waals surface area contributed by atoms with E-state index >= 15 is 0 Å². The van der Waals surface area contributed by atoms with Crippen molar-refractivity contribution in [2.45, 2.75) is 25.8 Å². The van der Waals surface area contributed by atoms with Gasteiger partial charge in [-0.05, 0) is 42.3 Å². The highest BCUT2D eigenvalue weighted by Crippen LogP contribution is 2.41. The van der Waals surface area contributed by atoms with Gasteiger partial charge in [-0.1, -0.05) is 25.5 Å². The van der Waals surface area contributed by atoms with Crippen molar-refractivity contribution in [1.82, 2.24) is 4.90 Å². The van der Waals surface area contributed by atoms with Gasteiger partial charge < -0.3 is 29.1 Å². The van der Waals surface area contributed by atoms with Crippen LogP contribution in [0, 0.1) is 0 Å². The van der Waals surface area contributed by atoms with E-state index in [4.69, 9.17) is 14.2 Å². The van der Waals surface area contributed by atoms with E-state index in [2.05, 4.69) is 6.92 Å². The van der Waals surface area contributed by atoms with Crippen molar-refractivity contribution in [2.75, 3.05) is 52.0 Å². The van der Waals surface area contributed by atoms with Gasteiger partial charge in [-0.15, -0.1) is 0 Å². The van der Waals surface area contributed by atoms with Gasteiger partial charge in [0.25, 0.3) is 11.7 Å². The molecule has 1 amide bonds. The van der Waals surface area contributed by atoms with Gasteiger partial charge in [0.05, 0.1) is 37.1 Å². The Kier molecular flexibility index (Phi) is 7.60. The number of anilines is 1. The molecule has 4 rings (SSSR count). The summed E-state index contributed by atoms with van der Waals surface area (Å²) in [5.41, 5.74) is 2.04. The second kappa shape index (κ2) is 10.8. The first-order valence-corrected chi connectivity index (χ1v) is 11.9. The van der Waals surface area contributed by atoms with Crippen molar-refractivity contribution in [3.05, 3.63) is 59.2 Å². The fourth-order valence-corrected chi connectivity index (χ4v) is 4.38. The van der Waals surface area contributed by atoms with E-state index < -0.39 is 17.7 Å². The number of carbonyl (C=O) groups is 2. The molecule has 1 unspecified atom stereocenters. The van der Waals surface area contributed by atoms with Crippen LogP contribution in [0.3, 0.4) is 0 Å². The predicted molar refractivity (Wildman–Crippen MR) is 133 cm³/mol. The van der Waals surface area contributed by atoms with Gasteiger partial charge in [-0.25, -0.2) is 0 Å². The zero-order valence-electron chi connectivity index (χ0n) is 20.5. The number of nitrogens with zero attached hydrogens (tertiary/aromatic N) is 2. The molecule has 8 heteroatoms. The van der Waals surface area contributed by atoms with Crippen molar-refractivity contribution >= 4 is 23.1 Å². The summed E-state index contributed by atoms with van der Waals surface area (Å²) in [6.45, 7) is 4.51. The van der Waals surface area contributed by atoms with Crippen molar-refractivity contribution in [3.8, 4) is 11.5 Å². The Morgan fingerprint density at radius 3 is 2.63 bits per heavy atom. The second-order valence-corrected chi connectivity index (χ2v) is 8.71. The molecule has 1 N–H and O–H groups in total. The van der Waals surface area contributed by atoms with E-state index in [-0.39, 0.29) is 24.5 Å². The first kappa shape index (κ1) is 24.6. The number of aliphatic hydroxyl groups excluding tert-OH is 1. The number of aliphatic hydroxyl groups is 1. The van der Waals surface area contributed by atoms with Crippen molar-refractivity contribution in [3.63, 3.8) is 0 Å². The molecule has 8 nitrogen and oxygen atoms in total. The topological polar surface area (TPSA) is 88.5 Å². The molecule has 2 aromatic rings. The Labute approximate surface area is 205 Å². The minimum Gasteiger partial charge on any atom is -0.507 e. The molecule has 35 heavy (non-hydrogen) atoms. The van der Waals surface area contributed by atoms with Gasteiger partial charge in [-0.2, -0.15) is 0 Å². The number of carbonyl (C=O) groups excluding carboxylic acids is 2. The molecule has 1 saturated heterocycles. The summed E-state index contributed by atoms with van der Waals surface area (Å²) in [5.74, 6) is -0.150. The van der Waals surface area contributed by atoms with Crippen LogP contribution in [0.15, 0.2) is 48.0 Å². The molecule has 2 aliphatic heterocycles. The van der Waals surface area contributed by atoms with E-state index in [1.54, 1.807) is 25.3 Å². The van der Waals surface area contributed by atoms with Crippen LogP contribution in [-0.2, 0) is 14.3 Å². The minimum absolute atomic E-state index is 0.0603. The van der Waals surface area contributed by atoms with E-state index in [9.17, 15) is 14.7 Å². The van der Waals surface area contributed by atoms with Gasteiger partial charge >= 0.3 is 0 Å². The summed E-state index contributed by atoms with van der Waals surface area (Å²) in [6.07, 6.45) is 2.00. The normalized spacial score (nSPS) is 19.0. The van der Waals surface area contributed by atoms with Crippen LogP contribution in [0.1, 0.15) is 36.9 Å². The van der Waals surface area contributed by atoms with Gasteiger partial charge in [0, 0.05) is 26.3 Å². The monoisotopic (exact) mass is 480 g/mol. The third-order valence-corrected chi connectivity index (χ3v) is 6.37. The smallest absolute Gasteiger partial charge is 0.295 e. The van der Waals surface area contributed by atoms with E-state index in [1.807, 2.05) is 36.2 Å². The lowest BCUT2D eigenvalue weighted by atomic mass is 9.95. The fourth-order valence-electron chi connectivity index (χ4n) is 4.38. The number of ketones is 1. The molecule has 0 radical (unpaired) electrons. The Morgan fingerprint density at radius 2 is 1.91 bits per heavy atom. The second-order valence-electron chi connectivity index (χ2n) is 8.71. The third kappa shape index (κ3) is 4.98. The van der Waals surface area contributed by atoms with Gasteiger partial charge in [0.2, 0.25) is 0 Å². The number of unbranched alkanes of at least 4 members (excludes halogenated alkanes) is 1. The first-order chi connectivity index (χ1) is 17.0. The highest BCUT2D eigenvalue weighted by Gasteiger charge is 2.46. The number of amides is 1. The zero-order valence-corrected chi connectivity index (χ0v) is 20.5. The maximum Gasteiger partial charge on any atom is 0.295 e. The molecule has 0 saturated carbocycles. The number of hydrogen-bond donors (Lipinski definition) is 1. The lowest BCUT2D eigenvalue weighted by Crippen LogP contribution is -2.32. The molecule has 0 spiro atoms. The molecule has 1 atom stereocenters. The zero-order chi connectivity index (χ0) is 24.9. The molecule has 2 aromatic carbocycles. The number of methoxy groups -OCH3 is 1. The van der Waals surface area contributed by atoms with Crippen molar-refractivity contribution in [2.24, 2.45) is 0 Å². The standard InChI is InChI=1S/C27H32N2O6/c1-4-5-14-34-20-9-6-18(7-10-20)24-23(26(31)27(32)29(24)13-15-33-3)25(30)19-8-11-22-21(17-19)28(2)12-16-35-22/h6-11,17,24,30H,4-5,12-16H2,1-3H3/b25-23-. The average Bonchev–Trinajstić information content (AvgIpc) is 3.12. The summed E-state index contributed by atoms with van der Waals surface area (Å²) in [7, 11) is 3.48. The Balaban J connectivity index is 1.75. The summed E-state index contributed by atoms with van der Waals surface area (Å²) in [6, 6.07) is 11.8. The Hall–Kier alpha value is -3.52. The summed E-state index contributed by atoms with van der Waals surface area (Å²) in [5, 5.41) is 11.3. The number of rotatable bonds is 9. The van der Waals surface area contributed by atoms with Gasteiger partial charge in [-0.3, -0.25) is 9.59 Å². The van der Waals surface area contributed by atoms with Crippen LogP contribution >= 0.6 is 0 Å². The Bertz CT molecular complexity index is 1110. The number of likely N-dealkylation sites (tertiary alicyclic amines) is 1. The van der Waals surface area contributed by atoms with E-state index in [0.29, 0.717) is 42.4 Å². The average molecular weight is 481 g/mol. The number of benzene rings is 2. The highest BCUT2D eigenvalue weighted by atomic mass is 16.5. The molecule has 0 bridgehead atoms. The summed E-state index contributed by atoms with van der Waals surface area (Å²) < 4.78 is 16.6. The number of likely N-dealkylation sites (N-methyl/N-ethyl adjacent to an activating group) is 1. The van der Waals surface area contributed by atoms with Crippen LogP contribution in [0.5, 0.6) is 11.5 Å². The number of ether oxygens (including phenoxy) is 3. The molecular weight excluding hydrogens is 448 g/mol. The van der Waals surface area contributed by atoms with Crippen LogP contribution in [0.25, 0.3) is 5.76 Å². The van der Waals surface area contributed by atoms with E-state index in [1.165, 1.54) is 4.90 Å². The molecule has 2 heterocycles. The van der Waals surface area contributed by atoms with Crippen LogP contribution in [0.2, 0.25) is 0 Å². The van der Waals surface area contributed by atoms with Crippen LogP contribution in [-0.4, -0.2) is 68.8 Å². The number of hydrogen-bond acceptors (Lipinski definition) is 7. The molecular formula is C27H32N2O6. The fraction of sp³-hybridized carbons (Fsp3) is 0.407. The lowest BCUT2D eigenvalue weighted by molar-refractivity contribution is -0.140. The molecule has 1 fully saturated rings. The number of fused-ring (bicyclic) bond motifs is 1. The van der Waals surface area contributed by atoms with Gasteiger partial charge in [0.15, 0.2) is 0 Å². The van der Waals surface area contributed by atoms with E-state index in [0.717, 1.165) is 18.5 Å². The largest absolute Gasteiger partial charge is 0.507 e. The SMILES string of the molecule is CCCCOc1ccc(C2/C(=C(/O)c3ccc4c(c3)N(C)CCO4)C(=O)C(=O)N2CCOC)cc1. The molecule has 0 aromatic heterocycles. The molecule has 2 aliphatic rings. The summed E-state index contributed by atoms with van der Waals surface area (Å²) in [4.78, 5) is 29.6.